The van der Waals surface area contributed by atoms with Crippen molar-refractivity contribution in [3.8, 4) is 0 Å². The first kappa shape index (κ1) is 19.2. The number of nitrogens with zero attached hydrogens (tertiary/aromatic N) is 3. The number of aromatic nitrogens is 1. The highest BCUT2D eigenvalue weighted by molar-refractivity contribution is 5.94. The minimum absolute atomic E-state index is 0.000751. The normalized spacial score (nSPS) is 15.0. The molecule has 1 aliphatic rings. The molecule has 0 aliphatic carbocycles. The first-order valence-electron chi connectivity index (χ1n) is 9.59. The maximum Gasteiger partial charge on any atom is 0.229 e. The number of aryl methyl sites for hydroxylation is 1. The monoisotopic (exact) mass is 366 g/mol. The second-order valence-corrected chi connectivity index (χ2v) is 8.30. The molecule has 0 spiro atoms. The zero-order chi connectivity index (χ0) is 19.6. The van der Waals surface area contributed by atoms with Crippen molar-refractivity contribution >= 4 is 23.1 Å². The lowest BCUT2D eigenvalue weighted by Crippen LogP contribution is -2.47. The van der Waals surface area contributed by atoms with Gasteiger partial charge in [0.2, 0.25) is 5.91 Å². The van der Waals surface area contributed by atoms with Crippen LogP contribution in [0.15, 0.2) is 36.5 Å². The maximum atomic E-state index is 12.1. The molecule has 1 aromatic heterocycles. The van der Waals surface area contributed by atoms with Gasteiger partial charge in [0.05, 0.1) is 11.9 Å². The summed E-state index contributed by atoms with van der Waals surface area (Å²) in [5.41, 5.74) is 4.37. The lowest BCUT2D eigenvalue weighted by atomic mass is 9.96. The average Bonchev–Trinajstić information content (AvgIpc) is 2.64. The van der Waals surface area contributed by atoms with Gasteiger partial charge in [0.15, 0.2) is 0 Å². The largest absolute Gasteiger partial charge is 0.368 e. The Morgan fingerprint density at radius 3 is 2.26 bits per heavy atom. The smallest absolute Gasteiger partial charge is 0.229 e. The van der Waals surface area contributed by atoms with Gasteiger partial charge in [0.25, 0.3) is 0 Å². The fraction of sp³-hybridized carbons (Fsp3) is 0.455. The third-order valence-corrected chi connectivity index (χ3v) is 5.21. The molecule has 1 N–H and O–H groups in total. The molecule has 1 aromatic carbocycles. The molecule has 1 saturated heterocycles. The molecule has 1 fully saturated rings. The number of piperazine rings is 1. The van der Waals surface area contributed by atoms with E-state index in [4.69, 9.17) is 0 Å². The SMILES string of the molecule is Cc1cccc(N2CCN(c3ccc(NC(=O)C(C)(C)C)cn3)CC2)c1C. The predicted octanol–water partition coefficient (Wildman–Crippen LogP) is 4.01. The molecular weight excluding hydrogens is 336 g/mol. The van der Waals surface area contributed by atoms with Gasteiger partial charge in [-0.3, -0.25) is 4.79 Å². The van der Waals surface area contributed by atoms with Gasteiger partial charge in [0, 0.05) is 37.3 Å². The van der Waals surface area contributed by atoms with Gasteiger partial charge in [-0.25, -0.2) is 4.98 Å². The highest BCUT2D eigenvalue weighted by Gasteiger charge is 2.22. The fourth-order valence-electron chi connectivity index (χ4n) is 3.22. The molecule has 0 unspecified atom stereocenters. The molecule has 5 nitrogen and oxygen atoms in total. The first-order valence-corrected chi connectivity index (χ1v) is 9.59. The van der Waals surface area contributed by atoms with Crippen molar-refractivity contribution < 1.29 is 4.79 Å². The molecule has 0 saturated carbocycles. The second-order valence-electron chi connectivity index (χ2n) is 8.30. The summed E-state index contributed by atoms with van der Waals surface area (Å²) < 4.78 is 0. The molecule has 0 atom stereocenters. The first-order chi connectivity index (χ1) is 12.8. The van der Waals surface area contributed by atoms with Crippen molar-refractivity contribution in [2.75, 3.05) is 41.3 Å². The van der Waals surface area contributed by atoms with E-state index in [9.17, 15) is 4.79 Å². The summed E-state index contributed by atoms with van der Waals surface area (Å²) in [6, 6.07) is 10.4. The molecule has 5 heteroatoms. The van der Waals surface area contributed by atoms with Crippen LogP contribution in [0.2, 0.25) is 0 Å². The van der Waals surface area contributed by atoms with Gasteiger partial charge in [-0.2, -0.15) is 0 Å². The summed E-state index contributed by atoms with van der Waals surface area (Å²) in [7, 11) is 0. The molecule has 0 bridgehead atoms. The van der Waals surface area contributed by atoms with Crippen molar-refractivity contribution in [1.82, 2.24) is 4.98 Å². The van der Waals surface area contributed by atoms with E-state index in [0.717, 1.165) is 37.7 Å². The van der Waals surface area contributed by atoms with E-state index < -0.39 is 5.41 Å². The Hall–Kier alpha value is -2.56. The topological polar surface area (TPSA) is 48.5 Å². The Balaban J connectivity index is 1.61. The van der Waals surface area contributed by atoms with E-state index in [1.807, 2.05) is 32.9 Å². The molecule has 2 heterocycles. The lowest BCUT2D eigenvalue weighted by Gasteiger charge is -2.37. The lowest BCUT2D eigenvalue weighted by molar-refractivity contribution is -0.123. The average molecular weight is 367 g/mol. The van der Waals surface area contributed by atoms with E-state index >= 15 is 0 Å². The summed E-state index contributed by atoms with van der Waals surface area (Å²) >= 11 is 0. The number of hydrogen-bond acceptors (Lipinski definition) is 4. The summed E-state index contributed by atoms with van der Waals surface area (Å²) in [5, 5.41) is 2.92. The highest BCUT2D eigenvalue weighted by Crippen LogP contribution is 2.25. The number of carbonyl (C=O) groups excluding carboxylic acids is 1. The Labute approximate surface area is 162 Å². The number of rotatable bonds is 3. The van der Waals surface area contributed by atoms with Crippen molar-refractivity contribution in [1.29, 1.82) is 0 Å². The van der Waals surface area contributed by atoms with E-state index in [1.165, 1.54) is 16.8 Å². The molecule has 3 rings (SSSR count). The minimum atomic E-state index is -0.414. The van der Waals surface area contributed by atoms with Gasteiger partial charge in [-0.15, -0.1) is 0 Å². The molecule has 27 heavy (non-hydrogen) atoms. The number of nitrogens with one attached hydrogen (secondary N) is 1. The van der Waals surface area contributed by atoms with Crippen molar-refractivity contribution in [2.45, 2.75) is 34.6 Å². The van der Waals surface area contributed by atoms with E-state index in [1.54, 1.807) is 6.20 Å². The van der Waals surface area contributed by atoms with Gasteiger partial charge < -0.3 is 15.1 Å². The number of pyridine rings is 1. The van der Waals surface area contributed by atoms with Crippen molar-refractivity contribution in [3.05, 3.63) is 47.7 Å². The Bertz CT molecular complexity index is 800. The third-order valence-electron chi connectivity index (χ3n) is 5.21. The van der Waals surface area contributed by atoms with Gasteiger partial charge in [-0.1, -0.05) is 32.9 Å². The standard InChI is InChI=1S/C22H30N4O/c1-16-7-6-8-19(17(16)2)25-11-13-26(14-12-25)20-10-9-18(15-23-20)24-21(27)22(3,4)5/h6-10,15H,11-14H2,1-5H3,(H,24,27). The van der Waals surface area contributed by atoms with Crippen LogP contribution in [0.5, 0.6) is 0 Å². The molecule has 1 amide bonds. The zero-order valence-electron chi connectivity index (χ0n) is 17.0. The predicted molar refractivity (Wildman–Crippen MR) is 113 cm³/mol. The molecule has 1 aliphatic heterocycles. The van der Waals surface area contributed by atoms with Crippen LogP contribution in [0.4, 0.5) is 17.2 Å². The summed E-state index contributed by atoms with van der Waals surface area (Å²) in [6.45, 7) is 13.9. The highest BCUT2D eigenvalue weighted by atomic mass is 16.2. The number of carbonyl (C=O) groups is 1. The quantitative estimate of drug-likeness (QED) is 0.892. The number of hydrogen-bond donors (Lipinski definition) is 1. The number of benzene rings is 1. The summed E-state index contributed by atoms with van der Waals surface area (Å²) in [6.07, 6.45) is 1.75. The number of amides is 1. The van der Waals surface area contributed by atoms with Gasteiger partial charge >= 0.3 is 0 Å². The van der Waals surface area contributed by atoms with E-state index in [0.29, 0.717) is 0 Å². The van der Waals surface area contributed by atoms with Crippen LogP contribution >= 0.6 is 0 Å². The van der Waals surface area contributed by atoms with Crippen LogP contribution in [0.1, 0.15) is 31.9 Å². The van der Waals surface area contributed by atoms with E-state index in [-0.39, 0.29) is 5.91 Å². The van der Waals surface area contributed by atoms with Crippen LogP contribution in [0.25, 0.3) is 0 Å². The fourth-order valence-corrected chi connectivity index (χ4v) is 3.22. The Morgan fingerprint density at radius 1 is 1.00 bits per heavy atom. The zero-order valence-corrected chi connectivity index (χ0v) is 17.0. The van der Waals surface area contributed by atoms with Crippen LogP contribution < -0.4 is 15.1 Å². The molecular formula is C22H30N4O. The summed E-state index contributed by atoms with van der Waals surface area (Å²) in [4.78, 5) is 21.4. The van der Waals surface area contributed by atoms with Gasteiger partial charge in [0.1, 0.15) is 5.82 Å². The third kappa shape index (κ3) is 4.41. The van der Waals surface area contributed by atoms with E-state index in [2.05, 4.69) is 52.1 Å². The Kier molecular flexibility index (Phi) is 5.40. The van der Waals surface area contributed by atoms with Gasteiger partial charge in [-0.05, 0) is 43.2 Å². The van der Waals surface area contributed by atoms with Crippen molar-refractivity contribution in [2.24, 2.45) is 5.41 Å². The minimum Gasteiger partial charge on any atom is -0.368 e. The van der Waals surface area contributed by atoms with Crippen LogP contribution in [0, 0.1) is 19.3 Å². The molecule has 144 valence electrons. The molecule has 2 aromatic rings. The van der Waals surface area contributed by atoms with Crippen molar-refractivity contribution in [3.63, 3.8) is 0 Å². The second kappa shape index (κ2) is 7.59. The Morgan fingerprint density at radius 2 is 1.67 bits per heavy atom. The number of anilines is 3. The van der Waals surface area contributed by atoms with Crippen LogP contribution in [-0.2, 0) is 4.79 Å². The summed E-state index contributed by atoms with van der Waals surface area (Å²) in [5.74, 6) is 0.962. The maximum absolute atomic E-state index is 12.1. The molecule has 0 radical (unpaired) electrons. The van der Waals surface area contributed by atoms with Crippen LogP contribution in [-0.4, -0.2) is 37.1 Å². The van der Waals surface area contributed by atoms with Crippen LogP contribution in [0.3, 0.4) is 0 Å².